The molecule has 0 amide bonds. The summed E-state index contributed by atoms with van der Waals surface area (Å²) in [6.07, 6.45) is 0. The van der Waals surface area contributed by atoms with E-state index in [1.54, 1.807) is 18.2 Å². The van der Waals surface area contributed by atoms with Gasteiger partial charge in [0.2, 0.25) is 15.9 Å². The molecule has 0 saturated carbocycles. The zero-order valence-corrected chi connectivity index (χ0v) is 16.2. The van der Waals surface area contributed by atoms with Crippen LogP contribution in [0.3, 0.4) is 0 Å². The van der Waals surface area contributed by atoms with Gasteiger partial charge in [-0.1, -0.05) is 47.5 Å². The summed E-state index contributed by atoms with van der Waals surface area (Å²) in [6, 6.07) is 17.5. The number of nitrogens with one attached hydrogen (secondary N) is 1. The van der Waals surface area contributed by atoms with Crippen molar-refractivity contribution in [3.63, 3.8) is 0 Å². The Morgan fingerprint density at radius 3 is 2.48 bits per heavy atom. The molecule has 3 rings (SSSR count). The predicted molar refractivity (Wildman–Crippen MR) is 104 cm³/mol. The molecule has 6 nitrogen and oxygen atoms in total. The molecule has 1 aromatic heterocycles. The summed E-state index contributed by atoms with van der Waals surface area (Å²) < 4.78 is 32.2. The van der Waals surface area contributed by atoms with Crippen molar-refractivity contribution in [2.75, 3.05) is 13.2 Å². The Hall–Kier alpha value is -2.48. The highest BCUT2D eigenvalue weighted by atomic mass is 35.5. The van der Waals surface area contributed by atoms with Gasteiger partial charge in [0.1, 0.15) is 6.61 Å². The van der Waals surface area contributed by atoms with Crippen molar-refractivity contribution in [1.82, 2.24) is 14.9 Å². The Morgan fingerprint density at radius 2 is 1.81 bits per heavy atom. The standard InChI is InChI=1S/C19H18ClN3O3S/c1-14-5-7-15(8-6-14)18-9-10-19(23-22-18)26-12-11-21-27(24,25)17-4-2-3-16(20)13-17/h2-10,13,21H,11-12H2,1H3. The average molecular weight is 404 g/mol. The summed E-state index contributed by atoms with van der Waals surface area (Å²) in [5.41, 5.74) is 2.88. The third-order valence-electron chi connectivity index (χ3n) is 3.74. The Labute approximate surface area is 163 Å². The molecule has 0 aliphatic heterocycles. The minimum Gasteiger partial charge on any atom is -0.475 e. The van der Waals surface area contributed by atoms with Crippen molar-refractivity contribution in [3.05, 3.63) is 71.2 Å². The number of aryl methyl sites for hydroxylation is 1. The normalized spacial score (nSPS) is 11.3. The van der Waals surface area contributed by atoms with Crippen molar-refractivity contribution in [1.29, 1.82) is 0 Å². The van der Waals surface area contributed by atoms with Crippen LogP contribution in [0.5, 0.6) is 5.88 Å². The molecule has 0 bridgehead atoms. The fraction of sp³-hybridized carbons (Fsp3) is 0.158. The smallest absolute Gasteiger partial charge is 0.240 e. The van der Waals surface area contributed by atoms with Gasteiger partial charge in [-0.05, 0) is 31.2 Å². The molecule has 0 radical (unpaired) electrons. The number of sulfonamides is 1. The minimum absolute atomic E-state index is 0.0935. The summed E-state index contributed by atoms with van der Waals surface area (Å²) in [6.45, 7) is 2.24. The summed E-state index contributed by atoms with van der Waals surface area (Å²) in [5.74, 6) is 0.327. The second kappa shape index (κ2) is 8.47. The summed E-state index contributed by atoms with van der Waals surface area (Å²) in [5, 5.41) is 8.51. The molecule has 0 spiro atoms. The molecule has 2 aromatic carbocycles. The Bertz CT molecular complexity index is 1010. The molecule has 0 saturated heterocycles. The van der Waals surface area contributed by atoms with Gasteiger partial charge in [-0.15, -0.1) is 10.2 Å². The maximum absolute atomic E-state index is 12.2. The summed E-state index contributed by atoms with van der Waals surface area (Å²) >= 11 is 5.82. The second-order valence-corrected chi connectivity index (χ2v) is 8.03. The first-order valence-corrected chi connectivity index (χ1v) is 10.1. The number of hydrogen-bond acceptors (Lipinski definition) is 5. The van der Waals surface area contributed by atoms with E-state index in [-0.39, 0.29) is 18.0 Å². The number of hydrogen-bond donors (Lipinski definition) is 1. The second-order valence-electron chi connectivity index (χ2n) is 5.83. The fourth-order valence-electron chi connectivity index (χ4n) is 2.32. The van der Waals surface area contributed by atoms with Gasteiger partial charge in [0.15, 0.2) is 0 Å². The van der Waals surface area contributed by atoms with Crippen molar-refractivity contribution < 1.29 is 13.2 Å². The number of rotatable bonds is 7. The van der Waals surface area contributed by atoms with Gasteiger partial charge in [-0.2, -0.15) is 0 Å². The van der Waals surface area contributed by atoms with Gasteiger partial charge in [0, 0.05) is 23.2 Å². The molecular weight excluding hydrogens is 386 g/mol. The zero-order valence-electron chi connectivity index (χ0n) is 14.6. The van der Waals surface area contributed by atoms with Crippen LogP contribution in [-0.2, 0) is 10.0 Å². The van der Waals surface area contributed by atoms with Crippen molar-refractivity contribution >= 4 is 21.6 Å². The predicted octanol–water partition coefficient (Wildman–Crippen LogP) is 3.46. The minimum atomic E-state index is -3.63. The highest BCUT2D eigenvalue weighted by Gasteiger charge is 2.13. The van der Waals surface area contributed by atoms with E-state index in [2.05, 4.69) is 14.9 Å². The van der Waals surface area contributed by atoms with Gasteiger partial charge in [-0.25, -0.2) is 13.1 Å². The van der Waals surface area contributed by atoms with E-state index in [4.69, 9.17) is 16.3 Å². The zero-order chi connectivity index (χ0) is 19.3. The number of aromatic nitrogens is 2. The molecule has 0 aliphatic carbocycles. The lowest BCUT2D eigenvalue weighted by atomic mass is 10.1. The molecule has 8 heteroatoms. The van der Waals surface area contributed by atoms with E-state index in [0.717, 1.165) is 11.3 Å². The van der Waals surface area contributed by atoms with Crippen LogP contribution in [0.4, 0.5) is 0 Å². The molecule has 0 fully saturated rings. The molecule has 0 atom stereocenters. The van der Waals surface area contributed by atoms with E-state index in [0.29, 0.717) is 10.9 Å². The highest BCUT2D eigenvalue weighted by molar-refractivity contribution is 7.89. The first-order chi connectivity index (χ1) is 12.9. The lowest BCUT2D eigenvalue weighted by Gasteiger charge is -2.08. The van der Waals surface area contributed by atoms with Crippen LogP contribution < -0.4 is 9.46 Å². The highest BCUT2D eigenvalue weighted by Crippen LogP contribution is 2.18. The van der Waals surface area contributed by atoms with Crippen LogP contribution >= 0.6 is 11.6 Å². The van der Waals surface area contributed by atoms with Crippen molar-refractivity contribution in [3.8, 4) is 17.1 Å². The van der Waals surface area contributed by atoms with Crippen LogP contribution in [0, 0.1) is 6.92 Å². The van der Waals surface area contributed by atoms with Gasteiger partial charge in [-0.3, -0.25) is 0 Å². The van der Waals surface area contributed by atoms with E-state index in [1.807, 2.05) is 37.3 Å². The maximum Gasteiger partial charge on any atom is 0.240 e. The Balaban J connectivity index is 1.52. The number of nitrogens with zero attached hydrogens (tertiary/aromatic N) is 2. The van der Waals surface area contributed by atoms with Gasteiger partial charge in [0.25, 0.3) is 0 Å². The molecular formula is C19H18ClN3O3S. The van der Waals surface area contributed by atoms with Crippen LogP contribution in [0.1, 0.15) is 5.56 Å². The monoisotopic (exact) mass is 403 g/mol. The van der Waals surface area contributed by atoms with Gasteiger partial charge < -0.3 is 4.74 Å². The van der Waals surface area contributed by atoms with Crippen LogP contribution in [0.2, 0.25) is 5.02 Å². The molecule has 1 heterocycles. The topological polar surface area (TPSA) is 81.2 Å². The van der Waals surface area contributed by atoms with E-state index in [9.17, 15) is 8.42 Å². The van der Waals surface area contributed by atoms with E-state index < -0.39 is 10.0 Å². The lowest BCUT2D eigenvalue weighted by Crippen LogP contribution is -2.28. The van der Waals surface area contributed by atoms with Crippen LogP contribution in [0.15, 0.2) is 65.6 Å². The van der Waals surface area contributed by atoms with Gasteiger partial charge in [0.05, 0.1) is 10.6 Å². The molecule has 0 aliphatic rings. The quantitative estimate of drug-likeness (QED) is 0.611. The Kier molecular flexibility index (Phi) is 6.05. The number of halogens is 1. The van der Waals surface area contributed by atoms with E-state index >= 15 is 0 Å². The first kappa shape index (κ1) is 19.3. The number of ether oxygens (including phenoxy) is 1. The maximum atomic E-state index is 12.2. The first-order valence-electron chi connectivity index (χ1n) is 8.23. The van der Waals surface area contributed by atoms with Crippen LogP contribution in [0.25, 0.3) is 11.3 Å². The van der Waals surface area contributed by atoms with Crippen LogP contribution in [-0.4, -0.2) is 31.8 Å². The Morgan fingerprint density at radius 1 is 1.04 bits per heavy atom. The molecule has 3 aromatic rings. The number of benzene rings is 2. The molecule has 27 heavy (non-hydrogen) atoms. The third-order valence-corrected chi connectivity index (χ3v) is 5.43. The van der Waals surface area contributed by atoms with Crippen molar-refractivity contribution in [2.45, 2.75) is 11.8 Å². The van der Waals surface area contributed by atoms with Gasteiger partial charge >= 0.3 is 0 Å². The molecule has 1 N–H and O–H groups in total. The van der Waals surface area contributed by atoms with E-state index in [1.165, 1.54) is 17.7 Å². The third kappa shape index (κ3) is 5.26. The average Bonchev–Trinajstić information content (AvgIpc) is 2.66. The van der Waals surface area contributed by atoms with Crippen molar-refractivity contribution in [2.24, 2.45) is 0 Å². The lowest BCUT2D eigenvalue weighted by molar-refractivity contribution is 0.307. The summed E-state index contributed by atoms with van der Waals surface area (Å²) in [7, 11) is -3.63. The molecule has 0 unspecified atom stereocenters. The largest absolute Gasteiger partial charge is 0.475 e. The SMILES string of the molecule is Cc1ccc(-c2ccc(OCCNS(=O)(=O)c3cccc(Cl)c3)nn2)cc1. The summed E-state index contributed by atoms with van der Waals surface area (Å²) in [4.78, 5) is 0.109. The fourth-order valence-corrected chi connectivity index (χ4v) is 3.64. The molecule has 140 valence electrons.